The minimum atomic E-state index is -0.964. The number of fused-ring (bicyclic) bond motifs is 3. The number of aliphatic hydroxyl groups excluding tert-OH is 1. The Labute approximate surface area is 448 Å². The predicted molar refractivity (Wildman–Crippen MR) is 292 cm³/mol. The highest BCUT2D eigenvalue weighted by molar-refractivity contribution is 6.30. The molecule has 3 aliphatic heterocycles. The van der Waals surface area contributed by atoms with Crippen molar-refractivity contribution in [3.05, 3.63) is 128 Å². The van der Waals surface area contributed by atoms with Gasteiger partial charge >= 0.3 is 0 Å². The average molecular weight is 1060 g/mol. The van der Waals surface area contributed by atoms with Gasteiger partial charge in [-0.15, -0.1) is 10.2 Å². The molecule has 402 valence electrons. The Bertz CT molecular complexity index is 3030. The van der Waals surface area contributed by atoms with Crippen LogP contribution in [0, 0.1) is 33.1 Å². The van der Waals surface area contributed by atoms with Gasteiger partial charge in [-0.2, -0.15) is 0 Å². The normalized spacial score (nSPS) is 17.5. The average Bonchev–Trinajstić information content (AvgIpc) is 4.15. The van der Waals surface area contributed by atoms with Crippen molar-refractivity contribution in [2.45, 2.75) is 118 Å². The zero-order valence-corrected chi connectivity index (χ0v) is 45.3. The molecular weight excluding hydrogens is 988 g/mol. The van der Waals surface area contributed by atoms with Crippen LogP contribution in [0.25, 0.3) is 11.4 Å². The van der Waals surface area contributed by atoms with Gasteiger partial charge in [-0.1, -0.05) is 68.8 Å². The van der Waals surface area contributed by atoms with E-state index in [1.54, 1.807) is 6.07 Å². The molecule has 19 heteroatoms. The number of halogens is 1. The Morgan fingerprint density at radius 2 is 1.59 bits per heavy atom. The summed E-state index contributed by atoms with van der Waals surface area (Å²) in [6.45, 7) is 16.9. The van der Waals surface area contributed by atoms with E-state index >= 15 is 0 Å². The number of anilines is 1. The number of aryl methyl sites for hydroxylation is 3. The first-order valence-corrected chi connectivity index (χ1v) is 26.3. The van der Waals surface area contributed by atoms with Gasteiger partial charge < -0.3 is 45.2 Å². The van der Waals surface area contributed by atoms with Crippen LogP contribution >= 0.6 is 11.6 Å². The van der Waals surface area contributed by atoms with Crippen LogP contribution in [0.2, 0.25) is 5.02 Å². The molecule has 0 aliphatic carbocycles. The fraction of sp³-hybridized carbons (Fsp3) is 0.439. The third-order valence-corrected chi connectivity index (χ3v) is 14.2. The number of hydrogen-bond acceptors (Lipinski definition) is 12. The zero-order chi connectivity index (χ0) is 54.3. The number of likely N-dealkylation sites (tertiary alicyclic amines) is 1. The van der Waals surface area contributed by atoms with Crippen molar-refractivity contribution in [3.63, 3.8) is 0 Å². The second-order valence-corrected chi connectivity index (χ2v) is 21.2. The summed E-state index contributed by atoms with van der Waals surface area (Å²) in [5, 5.41) is 28.9. The van der Waals surface area contributed by atoms with Gasteiger partial charge in [0.2, 0.25) is 23.6 Å². The molecule has 0 radical (unpaired) electrons. The number of amides is 4. The monoisotopic (exact) mass is 1060 g/mol. The molecular formula is C57H69ClN10O8. The second-order valence-electron chi connectivity index (χ2n) is 20.7. The largest absolute Gasteiger partial charge is 0.493 e. The number of nitrogens with one attached hydrogen (secondary N) is 4. The number of aliphatic imine (C=N–C) groups is 2. The Morgan fingerprint density at radius 1 is 0.882 bits per heavy atom. The summed E-state index contributed by atoms with van der Waals surface area (Å²) < 4.78 is 19.4. The van der Waals surface area contributed by atoms with E-state index in [4.69, 9.17) is 30.8 Å². The summed E-state index contributed by atoms with van der Waals surface area (Å²) in [7, 11) is 0. The van der Waals surface area contributed by atoms with Gasteiger partial charge in [0.05, 0.1) is 24.8 Å². The highest BCUT2D eigenvalue weighted by Gasteiger charge is 2.44. The van der Waals surface area contributed by atoms with E-state index in [0.29, 0.717) is 60.8 Å². The molecule has 1 saturated heterocycles. The lowest BCUT2D eigenvalue weighted by Gasteiger charge is -2.35. The summed E-state index contributed by atoms with van der Waals surface area (Å²) in [4.78, 5) is 68.7. The van der Waals surface area contributed by atoms with E-state index in [1.165, 1.54) is 10.5 Å². The number of ether oxygens (including phenoxy) is 3. The van der Waals surface area contributed by atoms with Crippen molar-refractivity contribution in [1.82, 2.24) is 35.3 Å². The van der Waals surface area contributed by atoms with Gasteiger partial charge in [0.15, 0.2) is 5.82 Å². The molecule has 2 aromatic heterocycles. The number of benzene rings is 3. The third-order valence-electron chi connectivity index (χ3n) is 13.9. The lowest BCUT2D eigenvalue weighted by molar-refractivity contribution is -0.144. The summed E-state index contributed by atoms with van der Waals surface area (Å²) in [5.74, 6) is 1.24. The molecule has 5 N–H and O–H groups in total. The van der Waals surface area contributed by atoms with Gasteiger partial charge in [-0.3, -0.25) is 33.7 Å². The molecule has 5 heterocycles. The highest BCUT2D eigenvalue weighted by Crippen LogP contribution is 2.36. The number of nitrogens with zero attached hydrogens (tertiary/aromatic N) is 6. The van der Waals surface area contributed by atoms with E-state index in [1.807, 2.05) is 127 Å². The summed E-state index contributed by atoms with van der Waals surface area (Å²) in [6, 6.07) is 18.5. The van der Waals surface area contributed by atoms with Gasteiger partial charge in [-0.25, -0.2) is 0 Å². The smallest absolute Gasteiger partial charge is 0.246 e. The van der Waals surface area contributed by atoms with Crippen LogP contribution in [0.4, 0.5) is 5.69 Å². The lowest BCUT2D eigenvalue weighted by atomic mass is 9.85. The van der Waals surface area contributed by atoms with Gasteiger partial charge in [0.1, 0.15) is 42.1 Å². The van der Waals surface area contributed by atoms with Crippen LogP contribution in [0.15, 0.2) is 82.4 Å². The van der Waals surface area contributed by atoms with Crippen LogP contribution in [0.1, 0.15) is 117 Å². The fourth-order valence-electron chi connectivity index (χ4n) is 9.70. The second kappa shape index (κ2) is 24.3. The summed E-state index contributed by atoms with van der Waals surface area (Å²) in [5.41, 5.74) is 9.52. The summed E-state index contributed by atoms with van der Waals surface area (Å²) in [6.07, 6.45) is 3.12. The molecule has 0 spiro atoms. The number of hydrogen-bond donors (Lipinski definition) is 5. The highest BCUT2D eigenvalue weighted by atomic mass is 35.5. The quantitative estimate of drug-likeness (QED) is 0.0452. The van der Waals surface area contributed by atoms with Crippen molar-refractivity contribution in [1.29, 1.82) is 0 Å². The lowest BCUT2D eigenvalue weighted by Crippen LogP contribution is -2.58. The van der Waals surface area contributed by atoms with Crippen molar-refractivity contribution in [3.8, 4) is 11.6 Å². The Balaban J connectivity index is 0.733. The zero-order valence-electron chi connectivity index (χ0n) is 44.6. The van der Waals surface area contributed by atoms with Crippen LogP contribution in [0.3, 0.4) is 0 Å². The Morgan fingerprint density at radius 3 is 2.29 bits per heavy atom. The Kier molecular flexibility index (Phi) is 17.7. The van der Waals surface area contributed by atoms with Gasteiger partial charge in [0, 0.05) is 91.6 Å². The van der Waals surface area contributed by atoms with Crippen molar-refractivity contribution >= 4 is 58.4 Å². The minimum Gasteiger partial charge on any atom is -0.493 e. The van der Waals surface area contributed by atoms with Gasteiger partial charge in [-0.05, 0) is 105 Å². The molecule has 0 bridgehead atoms. The van der Waals surface area contributed by atoms with Crippen molar-refractivity contribution in [2.75, 3.05) is 44.9 Å². The first-order chi connectivity index (χ1) is 36.4. The first-order valence-electron chi connectivity index (χ1n) is 25.9. The molecule has 4 amide bonds. The van der Waals surface area contributed by atoms with E-state index < -0.39 is 41.5 Å². The number of aromatic nitrogens is 4. The number of carbonyl (C=O) groups is 4. The van der Waals surface area contributed by atoms with Crippen LogP contribution in [-0.4, -0.2) is 123 Å². The number of H-pyrrole nitrogens is 1. The summed E-state index contributed by atoms with van der Waals surface area (Å²) >= 11 is 6.26. The molecule has 3 aliphatic rings. The standard InChI is InChI=1S/C57H69ClN10O8/c1-33-27-42(62-48(70)29-45-53-66-65-37(5)68(53)54-50(34(2)35(3)61-54)51(63-45)40-15-17-41(58)18-16-40)19-20-47(33)76-26-10-24-74-23-9-25-75-32-49(71)64-52(57(6,7)8)56(73)67-31-43(69)28-46(67)55(72)60-30-38-11-13-39(14-12-38)44-21-22-59-36(44)4/h11-20,22,27,43,45-46,52,61,69H,9-10,21,23-26,28-32H2,1-8H3,(H,60,72)(H,62,70)(H,64,71)/t43-,45?,46+,52?/m1/s1. The SMILES string of the molecule is CC1=C(c2ccc(CNC(=O)[C@@H]3C[C@@H](O)CN3C(=O)C(NC(=O)COCCCOCCCOc3ccc(NC(=O)CC4N=C(c5ccc(Cl)cc5)c5c([nH]c(C)c5C)-n5c(C)nnc54)cc3C)C(C)(C)C)cc2)CC=N1. The minimum absolute atomic E-state index is 0.0166. The number of rotatable bonds is 21. The molecule has 2 unspecified atom stereocenters. The fourth-order valence-corrected chi connectivity index (χ4v) is 9.82. The number of carbonyl (C=O) groups excluding carboxylic acids is 4. The van der Waals surface area contributed by atoms with E-state index in [0.717, 1.165) is 62.7 Å². The molecule has 76 heavy (non-hydrogen) atoms. The van der Waals surface area contributed by atoms with Gasteiger partial charge in [0.25, 0.3) is 0 Å². The molecule has 1 fully saturated rings. The molecule has 18 nitrogen and oxygen atoms in total. The van der Waals surface area contributed by atoms with Crippen molar-refractivity contribution < 1.29 is 38.5 Å². The van der Waals surface area contributed by atoms with Crippen LogP contribution in [0.5, 0.6) is 5.75 Å². The third kappa shape index (κ3) is 13.2. The van der Waals surface area contributed by atoms with E-state index in [-0.39, 0.29) is 51.0 Å². The first kappa shape index (κ1) is 55.2. The van der Waals surface area contributed by atoms with E-state index in [9.17, 15) is 24.3 Å². The van der Waals surface area contributed by atoms with Crippen LogP contribution in [-0.2, 0) is 35.2 Å². The maximum absolute atomic E-state index is 14.0. The maximum Gasteiger partial charge on any atom is 0.246 e. The number of aromatic amines is 1. The number of allylic oxidation sites excluding steroid dienone is 2. The predicted octanol–water partition coefficient (Wildman–Crippen LogP) is 7.61. The number of aliphatic hydroxyl groups is 1. The molecule has 8 rings (SSSR count). The Hall–Kier alpha value is -6.99. The maximum atomic E-state index is 14.0. The van der Waals surface area contributed by atoms with E-state index in [2.05, 4.69) is 36.1 Å². The van der Waals surface area contributed by atoms with Crippen molar-refractivity contribution in [2.24, 2.45) is 15.4 Å². The molecule has 5 aromatic rings. The molecule has 0 saturated carbocycles. The number of β-amino-alcohol motifs (C(OH)–C–C–N with tert-alkyl or cyclic N) is 1. The molecule has 4 atom stereocenters. The topological polar surface area (TPSA) is 227 Å². The molecule has 3 aromatic carbocycles. The van der Waals surface area contributed by atoms with Crippen LogP contribution < -0.4 is 20.7 Å².